The standard InChI is InChI=1S/C19H20N2/c1-3-16-13-18(20-2)17-11-7-10-15(19(17)21-16)12-14-8-5-4-6-9-14/h4-11,13H,3,12H2,1-2H3,(H,20,21). The summed E-state index contributed by atoms with van der Waals surface area (Å²) in [5, 5.41) is 4.49. The van der Waals surface area contributed by atoms with E-state index in [9.17, 15) is 0 Å². The Morgan fingerprint density at radius 2 is 1.81 bits per heavy atom. The third-order valence-electron chi connectivity index (χ3n) is 3.85. The van der Waals surface area contributed by atoms with Crippen molar-refractivity contribution in [3.05, 3.63) is 71.4 Å². The number of aryl methyl sites for hydroxylation is 1. The van der Waals surface area contributed by atoms with Gasteiger partial charge in [-0.15, -0.1) is 0 Å². The average molecular weight is 276 g/mol. The highest BCUT2D eigenvalue weighted by atomic mass is 14.8. The number of pyridine rings is 1. The van der Waals surface area contributed by atoms with Crippen molar-refractivity contribution in [2.75, 3.05) is 12.4 Å². The van der Waals surface area contributed by atoms with E-state index in [1.54, 1.807) is 0 Å². The molecule has 0 saturated heterocycles. The van der Waals surface area contributed by atoms with E-state index in [1.807, 2.05) is 7.05 Å². The lowest BCUT2D eigenvalue weighted by molar-refractivity contribution is 1.05. The SMILES string of the molecule is CCc1cc(NC)c2cccc(Cc3ccccc3)c2n1. The van der Waals surface area contributed by atoms with E-state index in [0.29, 0.717) is 0 Å². The number of aromatic nitrogens is 1. The van der Waals surface area contributed by atoms with Crippen molar-refractivity contribution in [3.63, 3.8) is 0 Å². The molecule has 21 heavy (non-hydrogen) atoms. The molecule has 3 rings (SSSR count). The molecule has 106 valence electrons. The van der Waals surface area contributed by atoms with Crippen LogP contribution < -0.4 is 5.32 Å². The summed E-state index contributed by atoms with van der Waals surface area (Å²) in [4.78, 5) is 4.86. The van der Waals surface area contributed by atoms with Crippen LogP contribution >= 0.6 is 0 Å². The van der Waals surface area contributed by atoms with Crippen LogP contribution in [0.3, 0.4) is 0 Å². The molecule has 1 heterocycles. The molecule has 2 heteroatoms. The Hall–Kier alpha value is -2.35. The molecule has 0 radical (unpaired) electrons. The molecule has 0 bridgehead atoms. The summed E-state index contributed by atoms with van der Waals surface area (Å²) in [5.41, 5.74) is 6.01. The largest absolute Gasteiger partial charge is 0.388 e. The van der Waals surface area contributed by atoms with Crippen molar-refractivity contribution in [3.8, 4) is 0 Å². The Morgan fingerprint density at radius 1 is 1.00 bits per heavy atom. The average Bonchev–Trinajstić information content (AvgIpc) is 2.55. The highest BCUT2D eigenvalue weighted by Crippen LogP contribution is 2.27. The fraction of sp³-hybridized carbons (Fsp3) is 0.211. The number of anilines is 1. The molecule has 0 amide bonds. The van der Waals surface area contributed by atoms with Gasteiger partial charge in [-0.05, 0) is 30.0 Å². The summed E-state index contributed by atoms with van der Waals surface area (Å²) in [7, 11) is 1.97. The van der Waals surface area contributed by atoms with Crippen LogP contribution in [0.5, 0.6) is 0 Å². The summed E-state index contributed by atoms with van der Waals surface area (Å²) in [6.45, 7) is 2.15. The van der Waals surface area contributed by atoms with E-state index in [0.717, 1.165) is 29.7 Å². The van der Waals surface area contributed by atoms with Crippen molar-refractivity contribution in [1.29, 1.82) is 0 Å². The van der Waals surface area contributed by atoms with Gasteiger partial charge in [0.15, 0.2) is 0 Å². The first-order valence-electron chi connectivity index (χ1n) is 7.45. The van der Waals surface area contributed by atoms with E-state index >= 15 is 0 Å². The molecule has 0 unspecified atom stereocenters. The number of nitrogens with one attached hydrogen (secondary N) is 1. The minimum Gasteiger partial charge on any atom is -0.388 e. The molecular weight excluding hydrogens is 256 g/mol. The zero-order chi connectivity index (χ0) is 14.7. The van der Waals surface area contributed by atoms with Crippen LogP contribution in [0.2, 0.25) is 0 Å². The predicted molar refractivity (Wildman–Crippen MR) is 89.9 cm³/mol. The second kappa shape index (κ2) is 5.96. The highest BCUT2D eigenvalue weighted by Gasteiger charge is 2.08. The normalized spacial score (nSPS) is 10.8. The summed E-state index contributed by atoms with van der Waals surface area (Å²) in [5.74, 6) is 0. The predicted octanol–water partition coefficient (Wildman–Crippen LogP) is 4.43. The van der Waals surface area contributed by atoms with Gasteiger partial charge in [0, 0.05) is 23.8 Å². The molecule has 1 aromatic heterocycles. The van der Waals surface area contributed by atoms with E-state index in [4.69, 9.17) is 4.98 Å². The monoisotopic (exact) mass is 276 g/mol. The lowest BCUT2D eigenvalue weighted by Gasteiger charge is -2.12. The molecule has 0 aliphatic rings. The maximum Gasteiger partial charge on any atom is 0.0761 e. The van der Waals surface area contributed by atoms with Gasteiger partial charge in [0.05, 0.1) is 5.52 Å². The van der Waals surface area contributed by atoms with Crippen LogP contribution in [-0.2, 0) is 12.8 Å². The zero-order valence-corrected chi connectivity index (χ0v) is 12.6. The van der Waals surface area contributed by atoms with E-state index < -0.39 is 0 Å². The summed E-state index contributed by atoms with van der Waals surface area (Å²) >= 11 is 0. The molecule has 3 aromatic rings. The minimum absolute atomic E-state index is 0.918. The van der Waals surface area contributed by atoms with Crippen molar-refractivity contribution in [1.82, 2.24) is 4.98 Å². The molecule has 0 aliphatic carbocycles. The fourth-order valence-electron chi connectivity index (χ4n) is 2.71. The first-order valence-corrected chi connectivity index (χ1v) is 7.45. The molecule has 0 aliphatic heterocycles. The number of fused-ring (bicyclic) bond motifs is 1. The second-order valence-electron chi connectivity index (χ2n) is 5.24. The number of rotatable bonds is 4. The molecule has 0 fully saturated rings. The van der Waals surface area contributed by atoms with Crippen molar-refractivity contribution >= 4 is 16.6 Å². The topological polar surface area (TPSA) is 24.9 Å². The molecule has 0 spiro atoms. The first kappa shape index (κ1) is 13.6. The highest BCUT2D eigenvalue weighted by molar-refractivity contribution is 5.93. The van der Waals surface area contributed by atoms with Gasteiger partial charge in [-0.25, -0.2) is 0 Å². The summed E-state index contributed by atoms with van der Waals surface area (Å²) < 4.78 is 0. The Bertz CT molecular complexity index is 748. The maximum absolute atomic E-state index is 4.86. The maximum atomic E-state index is 4.86. The van der Waals surface area contributed by atoms with Gasteiger partial charge in [0.1, 0.15) is 0 Å². The first-order chi connectivity index (χ1) is 10.3. The van der Waals surface area contributed by atoms with Gasteiger partial charge >= 0.3 is 0 Å². The van der Waals surface area contributed by atoms with Crippen LogP contribution in [0.4, 0.5) is 5.69 Å². The molecular formula is C19H20N2. The van der Waals surface area contributed by atoms with Crippen LogP contribution in [-0.4, -0.2) is 12.0 Å². The fourth-order valence-corrected chi connectivity index (χ4v) is 2.71. The van der Waals surface area contributed by atoms with Crippen LogP contribution in [0.1, 0.15) is 23.7 Å². The molecule has 0 atom stereocenters. The van der Waals surface area contributed by atoms with E-state index in [-0.39, 0.29) is 0 Å². The van der Waals surface area contributed by atoms with Crippen LogP contribution in [0, 0.1) is 0 Å². The number of benzene rings is 2. The van der Waals surface area contributed by atoms with Gasteiger partial charge in [-0.2, -0.15) is 0 Å². The number of para-hydroxylation sites is 1. The van der Waals surface area contributed by atoms with Crippen molar-refractivity contribution < 1.29 is 0 Å². The lowest BCUT2D eigenvalue weighted by Crippen LogP contribution is -1.99. The molecule has 2 aromatic carbocycles. The summed E-state index contributed by atoms with van der Waals surface area (Å²) in [6.07, 6.45) is 1.87. The third kappa shape index (κ3) is 2.75. The van der Waals surface area contributed by atoms with Crippen LogP contribution in [0.25, 0.3) is 10.9 Å². The van der Waals surface area contributed by atoms with Gasteiger partial charge in [0.2, 0.25) is 0 Å². The minimum atomic E-state index is 0.918. The number of hydrogen-bond acceptors (Lipinski definition) is 2. The molecule has 0 saturated carbocycles. The van der Waals surface area contributed by atoms with E-state index in [1.165, 1.54) is 16.5 Å². The Morgan fingerprint density at radius 3 is 2.52 bits per heavy atom. The van der Waals surface area contributed by atoms with E-state index in [2.05, 4.69) is 66.8 Å². The molecule has 2 nitrogen and oxygen atoms in total. The van der Waals surface area contributed by atoms with Crippen LogP contribution in [0.15, 0.2) is 54.6 Å². The van der Waals surface area contributed by atoms with Gasteiger partial charge in [-0.1, -0.05) is 55.5 Å². The molecule has 1 N–H and O–H groups in total. The van der Waals surface area contributed by atoms with Gasteiger partial charge in [-0.3, -0.25) is 4.98 Å². The zero-order valence-electron chi connectivity index (χ0n) is 12.6. The van der Waals surface area contributed by atoms with Crippen molar-refractivity contribution in [2.24, 2.45) is 0 Å². The number of nitrogens with zero attached hydrogens (tertiary/aromatic N) is 1. The van der Waals surface area contributed by atoms with Gasteiger partial charge < -0.3 is 5.32 Å². The Balaban J connectivity index is 2.14. The summed E-state index contributed by atoms with van der Waals surface area (Å²) in [6, 6.07) is 19.2. The third-order valence-corrected chi connectivity index (χ3v) is 3.85. The van der Waals surface area contributed by atoms with Crippen molar-refractivity contribution in [2.45, 2.75) is 19.8 Å². The quantitative estimate of drug-likeness (QED) is 0.762. The Kier molecular flexibility index (Phi) is 3.87. The lowest BCUT2D eigenvalue weighted by atomic mass is 10.0. The smallest absolute Gasteiger partial charge is 0.0761 e. The van der Waals surface area contributed by atoms with Gasteiger partial charge in [0.25, 0.3) is 0 Å². The second-order valence-corrected chi connectivity index (χ2v) is 5.24. The Labute approximate surface area is 125 Å². The number of hydrogen-bond donors (Lipinski definition) is 1.